The fraction of sp³-hybridized carbons (Fsp3) is 0. The lowest BCUT2D eigenvalue weighted by atomic mass is 10.2. The summed E-state index contributed by atoms with van der Waals surface area (Å²) < 4.78 is 2.02. The summed E-state index contributed by atoms with van der Waals surface area (Å²) in [5.41, 5.74) is 1.89. The molecule has 58 valence electrons. The van der Waals surface area contributed by atoms with Crippen molar-refractivity contribution in [3.63, 3.8) is 0 Å². The van der Waals surface area contributed by atoms with Gasteiger partial charge in [0, 0.05) is 5.56 Å². The number of hydrogen-bond donors (Lipinski definition) is 0. The van der Waals surface area contributed by atoms with Gasteiger partial charge >= 0.3 is 0 Å². The number of thiazole rings is 1. The van der Waals surface area contributed by atoms with Crippen molar-refractivity contribution in [3.8, 4) is 12.3 Å². The second-order valence-electron chi connectivity index (χ2n) is 2.29. The van der Waals surface area contributed by atoms with Crippen molar-refractivity contribution in [1.29, 1.82) is 0 Å². The van der Waals surface area contributed by atoms with Gasteiger partial charge in [-0.3, -0.25) is 0 Å². The predicted octanol–water partition coefficient (Wildman–Crippen LogP) is 3.04. The number of aromatic nitrogens is 1. The number of halogens is 1. The lowest BCUT2D eigenvalue weighted by Crippen LogP contribution is -1.71. The molecule has 3 heteroatoms. The first-order chi connectivity index (χ1) is 5.79. The Morgan fingerprint density at radius 3 is 3.08 bits per heavy atom. The van der Waals surface area contributed by atoms with E-state index in [0.29, 0.717) is 0 Å². The molecule has 0 atom stereocenters. The molecule has 0 bridgehead atoms. The van der Waals surface area contributed by atoms with Gasteiger partial charge in [0.25, 0.3) is 0 Å². The first-order valence-electron chi connectivity index (χ1n) is 3.32. The normalized spacial score (nSPS) is 10.0. The van der Waals surface area contributed by atoms with Crippen LogP contribution in [0, 0.1) is 12.3 Å². The highest BCUT2D eigenvalue weighted by Crippen LogP contribution is 2.26. The maximum Gasteiger partial charge on any atom is 0.160 e. The van der Waals surface area contributed by atoms with Gasteiger partial charge in [-0.25, -0.2) is 4.98 Å². The van der Waals surface area contributed by atoms with Gasteiger partial charge in [-0.05, 0) is 34.1 Å². The van der Waals surface area contributed by atoms with Crippen molar-refractivity contribution < 1.29 is 0 Å². The largest absolute Gasteiger partial charge is 0.229 e. The van der Waals surface area contributed by atoms with E-state index < -0.39 is 0 Å². The molecule has 0 amide bonds. The van der Waals surface area contributed by atoms with Crippen LogP contribution in [0.1, 0.15) is 5.56 Å². The second-order valence-corrected chi connectivity index (χ2v) is 4.60. The summed E-state index contributed by atoms with van der Waals surface area (Å²) in [6.07, 6.45) is 5.27. The molecule has 0 aliphatic carbocycles. The topological polar surface area (TPSA) is 12.9 Å². The Kier molecular flexibility index (Phi) is 1.87. The molecule has 1 heterocycles. The van der Waals surface area contributed by atoms with E-state index in [0.717, 1.165) is 19.7 Å². The number of terminal acetylenes is 1. The van der Waals surface area contributed by atoms with E-state index in [-0.39, 0.29) is 0 Å². The van der Waals surface area contributed by atoms with Crippen LogP contribution in [-0.4, -0.2) is 4.98 Å². The van der Waals surface area contributed by atoms with Gasteiger partial charge < -0.3 is 0 Å². The molecule has 0 fully saturated rings. The Morgan fingerprint density at radius 2 is 2.33 bits per heavy atom. The smallest absolute Gasteiger partial charge is 0.160 e. The molecule has 0 unspecified atom stereocenters. The summed E-state index contributed by atoms with van der Waals surface area (Å²) in [5, 5.41) is 0. The molecule has 0 aliphatic heterocycles. The van der Waals surface area contributed by atoms with Crippen molar-refractivity contribution in [1.82, 2.24) is 4.98 Å². The third-order valence-corrected chi connectivity index (χ3v) is 3.00. The Morgan fingerprint density at radius 1 is 1.50 bits per heavy atom. The van der Waals surface area contributed by atoms with Crippen LogP contribution < -0.4 is 0 Å². The fourth-order valence-electron chi connectivity index (χ4n) is 0.986. The summed E-state index contributed by atoms with van der Waals surface area (Å²) in [6.45, 7) is 0. The van der Waals surface area contributed by atoms with E-state index in [1.54, 1.807) is 11.3 Å². The molecule has 12 heavy (non-hydrogen) atoms. The molecule has 1 aromatic heterocycles. The van der Waals surface area contributed by atoms with Crippen molar-refractivity contribution in [2.45, 2.75) is 0 Å². The van der Waals surface area contributed by atoms with Crippen molar-refractivity contribution >= 4 is 37.5 Å². The van der Waals surface area contributed by atoms with Crippen LogP contribution >= 0.6 is 27.3 Å². The van der Waals surface area contributed by atoms with Gasteiger partial charge in [0.15, 0.2) is 3.92 Å². The standard InChI is InChI=1S/C9H4BrNS/c1-2-6-3-4-7-8(5-6)12-9(10)11-7/h1,3-5H. The van der Waals surface area contributed by atoms with Crippen LogP contribution in [-0.2, 0) is 0 Å². The predicted molar refractivity (Wildman–Crippen MR) is 55.3 cm³/mol. The zero-order valence-electron chi connectivity index (χ0n) is 6.04. The highest BCUT2D eigenvalue weighted by atomic mass is 79.9. The summed E-state index contributed by atoms with van der Waals surface area (Å²) >= 11 is 4.92. The van der Waals surface area contributed by atoms with E-state index in [4.69, 9.17) is 6.42 Å². The number of hydrogen-bond acceptors (Lipinski definition) is 2. The lowest BCUT2D eigenvalue weighted by molar-refractivity contribution is 1.45. The first kappa shape index (κ1) is 7.78. The number of fused-ring (bicyclic) bond motifs is 1. The molecule has 0 saturated heterocycles. The number of rotatable bonds is 0. The van der Waals surface area contributed by atoms with E-state index in [9.17, 15) is 0 Å². The summed E-state index contributed by atoms with van der Waals surface area (Å²) in [4.78, 5) is 4.26. The Labute approximate surface area is 82.6 Å². The number of benzene rings is 1. The van der Waals surface area contributed by atoms with Crippen molar-refractivity contribution in [2.75, 3.05) is 0 Å². The third-order valence-electron chi connectivity index (χ3n) is 1.53. The molecule has 1 aromatic carbocycles. The van der Waals surface area contributed by atoms with Crippen LogP contribution in [0.3, 0.4) is 0 Å². The first-order valence-corrected chi connectivity index (χ1v) is 4.93. The van der Waals surface area contributed by atoms with E-state index in [1.807, 2.05) is 18.2 Å². The highest BCUT2D eigenvalue weighted by Gasteiger charge is 2.00. The molecule has 1 nitrogen and oxygen atoms in total. The van der Waals surface area contributed by atoms with Crippen LogP contribution in [0.4, 0.5) is 0 Å². The maximum atomic E-state index is 5.27. The number of nitrogens with zero attached hydrogens (tertiary/aromatic N) is 1. The van der Waals surface area contributed by atoms with Crippen LogP contribution in [0.2, 0.25) is 0 Å². The molecule has 0 aliphatic rings. The van der Waals surface area contributed by atoms with Gasteiger partial charge in [-0.15, -0.1) is 17.8 Å². The van der Waals surface area contributed by atoms with Crippen LogP contribution in [0.5, 0.6) is 0 Å². The average molecular weight is 238 g/mol. The van der Waals surface area contributed by atoms with E-state index in [2.05, 4.69) is 26.8 Å². The zero-order chi connectivity index (χ0) is 8.55. The quantitative estimate of drug-likeness (QED) is 0.643. The minimum absolute atomic E-state index is 0.895. The lowest BCUT2D eigenvalue weighted by Gasteiger charge is -1.88. The van der Waals surface area contributed by atoms with Gasteiger partial charge in [-0.1, -0.05) is 5.92 Å². The fourth-order valence-corrected chi connectivity index (χ4v) is 2.43. The Hall–Kier alpha value is -0.850. The SMILES string of the molecule is C#Cc1ccc2nc(Br)sc2c1. The minimum atomic E-state index is 0.895. The molecule has 0 saturated carbocycles. The minimum Gasteiger partial charge on any atom is -0.229 e. The molecular formula is C9H4BrNS. The molecule has 0 spiro atoms. The van der Waals surface area contributed by atoms with Gasteiger partial charge in [0.1, 0.15) is 0 Å². The summed E-state index contributed by atoms with van der Waals surface area (Å²) in [6, 6.07) is 5.80. The molecule has 0 N–H and O–H groups in total. The summed E-state index contributed by atoms with van der Waals surface area (Å²) in [5.74, 6) is 2.59. The van der Waals surface area contributed by atoms with Gasteiger partial charge in [0.05, 0.1) is 10.2 Å². The maximum absolute atomic E-state index is 5.27. The monoisotopic (exact) mass is 237 g/mol. The molecular weight excluding hydrogens is 234 g/mol. The van der Waals surface area contributed by atoms with Crippen LogP contribution in [0.25, 0.3) is 10.2 Å². The van der Waals surface area contributed by atoms with Crippen molar-refractivity contribution in [2.24, 2.45) is 0 Å². The molecule has 2 aromatic rings. The molecule has 2 rings (SSSR count). The Bertz CT molecular complexity index is 467. The molecule has 0 radical (unpaired) electrons. The van der Waals surface area contributed by atoms with E-state index >= 15 is 0 Å². The average Bonchev–Trinajstić information content (AvgIpc) is 2.43. The van der Waals surface area contributed by atoms with Gasteiger partial charge in [-0.2, -0.15) is 0 Å². The second kappa shape index (κ2) is 2.89. The third kappa shape index (κ3) is 1.24. The zero-order valence-corrected chi connectivity index (χ0v) is 8.45. The van der Waals surface area contributed by atoms with Crippen LogP contribution in [0.15, 0.2) is 22.1 Å². The highest BCUT2D eigenvalue weighted by molar-refractivity contribution is 9.11. The van der Waals surface area contributed by atoms with Gasteiger partial charge in [0.2, 0.25) is 0 Å². The summed E-state index contributed by atoms with van der Waals surface area (Å²) in [7, 11) is 0. The van der Waals surface area contributed by atoms with E-state index in [1.165, 1.54) is 0 Å². The Balaban J connectivity index is 2.77. The van der Waals surface area contributed by atoms with Crippen molar-refractivity contribution in [3.05, 3.63) is 27.7 Å².